The standard InChI is InChI=1S/C23H19N3O4/c27-22-10-19(20-8-17-2-1-3-18(17)9-21(20)30-22)12-29-23(28)16-6-4-15(5-7-16)11-26-14-24-13-25-26/h4-10,13-14H,1-3,11-12H2. The Kier molecular flexibility index (Phi) is 4.63. The largest absolute Gasteiger partial charge is 0.457 e. The molecule has 0 radical (unpaired) electrons. The summed E-state index contributed by atoms with van der Waals surface area (Å²) in [5, 5.41) is 4.89. The zero-order valence-electron chi connectivity index (χ0n) is 16.2. The zero-order valence-corrected chi connectivity index (χ0v) is 16.2. The maximum atomic E-state index is 12.5. The molecule has 0 fully saturated rings. The number of esters is 1. The predicted octanol–water partition coefficient (Wildman–Crippen LogP) is 3.28. The molecule has 0 saturated carbocycles. The van der Waals surface area contributed by atoms with Gasteiger partial charge in [0.15, 0.2) is 0 Å². The summed E-state index contributed by atoms with van der Waals surface area (Å²) in [5.74, 6) is -0.440. The topological polar surface area (TPSA) is 87.2 Å². The number of carbonyl (C=O) groups is 1. The Morgan fingerprint density at radius 2 is 1.90 bits per heavy atom. The van der Waals surface area contributed by atoms with E-state index >= 15 is 0 Å². The van der Waals surface area contributed by atoms with Gasteiger partial charge in [0.25, 0.3) is 0 Å². The van der Waals surface area contributed by atoms with Gasteiger partial charge in [-0.05, 0) is 60.2 Å². The summed E-state index contributed by atoms with van der Waals surface area (Å²) in [6.07, 6.45) is 6.24. The van der Waals surface area contributed by atoms with Crippen LogP contribution in [0.4, 0.5) is 0 Å². The highest BCUT2D eigenvalue weighted by atomic mass is 16.5. The molecule has 7 heteroatoms. The normalized spacial score (nSPS) is 12.8. The second-order valence-electron chi connectivity index (χ2n) is 7.43. The van der Waals surface area contributed by atoms with Crippen LogP contribution in [0, 0.1) is 0 Å². The first-order valence-electron chi connectivity index (χ1n) is 9.83. The van der Waals surface area contributed by atoms with E-state index in [1.165, 1.54) is 23.5 Å². The maximum absolute atomic E-state index is 12.5. The lowest BCUT2D eigenvalue weighted by atomic mass is 10.0. The summed E-state index contributed by atoms with van der Waals surface area (Å²) in [5.41, 5.74) is 4.71. The minimum atomic E-state index is -0.441. The summed E-state index contributed by atoms with van der Waals surface area (Å²) in [7, 11) is 0. The Morgan fingerprint density at radius 3 is 2.67 bits per heavy atom. The van der Waals surface area contributed by atoms with Crippen LogP contribution < -0.4 is 5.63 Å². The van der Waals surface area contributed by atoms with Crippen LogP contribution in [0.25, 0.3) is 11.0 Å². The highest BCUT2D eigenvalue weighted by Crippen LogP contribution is 2.28. The van der Waals surface area contributed by atoms with Gasteiger partial charge < -0.3 is 9.15 Å². The van der Waals surface area contributed by atoms with Crippen LogP contribution in [0.3, 0.4) is 0 Å². The second kappa shape index (κ2) is 7.59. The van der Waals surface area contributed by atoms with Crippen molar-refractivity contribution in [2.45, 2.75) is 32.4 Å². The molecule has 2 heterocycles. The van der Waals surface area contributed by atoms with Crippen molar-refractivity contribution in [3.8, 4) is 0 Å². The van der Waals surface area contributed by atoms with E-state index < -0.39 is 11.6 Å². The van der Waals surface area contributed by atoms with Crippen molar-refractivity contribution in [1.29, 1.82) is 0 Å². The van der Waals surface area contributed by atoms with E-state index in [9.17, 15) is 9.59 Å². The van der Waals surface area contributed by atoms with E-state index in [0.29, 0.717) is 23.3 Å². The van der Waals surface area contributed by atoms with Crippen LogP contribution in [0.5, 0.6) is 0 Å². The fourth-order valence-electron chi connectivity index (χ4n) is 3.89. The first-order chi connectivity index (χ1) is 14.7. The molecule has 0 saturated heterocycles. The van der Waals surface area contributed by atoms with Gasteiger partial charge in [-0.1, -0.05) is 12.1 Å². The molecule has 0 amide bonds. The van der Waals surface area contributed by atoms with Gasteiger partial charge in [-0.25, -0.2) is 19.3 Å². The van der Waals surface area contributed by atoms with Crippen LogP contribution in [-0.2, 0) is 30.7 Å². The van der Waals surface area contributed by atoms with Crippen LogP contribution in [0.15, 0.2) is 64.3 Å². The maximum Gasteiger partial charge on any atom is 0.338 e. The van der Waals surface area contributed by atoms with E-state index in [0.717, 1.165) is 30.2 Å². The van der Waals surface area contributed by atoms with E-state index in [2.05, 4.69) is 16.1 Å². The molecule has 0 spiro atoms. The van der Waals surface area contributed by atoms with Crippen LogP contribution in [0.2, 0.25) is 0 Å². The Labute approximate surface area is 171 Å². The number of nitrogens with zero attached hydrogens (tertiary/aromatic N) is 3. The molecule has 0 bridgehead atoms. The molecule has 0 atom stereocenters. The van der Waals surface area contributed by atoms with E-state index in [4.69, 9.17) is 9.15 Å². The third kappa shape index (κ3) is 3.61. The predicted molar refractivity (Wildman–Crippen MR) is 109 cm³/mol. The van der Waals surface area contributed by atoms with Gasteiger partial charge in [-0.15, -0.1) is 0 Å². The lowest BCUT2D eigenvalue weighted by Crippen LogP contribution is -2.08. The zero-order chi connectivity index (χ0) is 20.5. The number of benzene rings is 2. The van der Waals surface area contributed by atoms with Gasteiger partial charge in [-0.2, -0.15) is 5.10 Å². The molecule has 2 aromatic carbocycles. The van der Waals surface area contributed by atoms with Gasteiger partial charge in [-0.3, -0.25) is 0 Å². The van der Waals surface area contributed by atoms with E-state index in [-0.39, 0.29) is 6.61 Å². The quantitative estimate of drug-likeness (QED) is 0.377. The number of hydrogen-bond donors (Lipinski definition) is 0. The molecular formula is C23H19N3O4. The molecule has 0 N–H and O–H groups in total. The lowest BCUT2D eigenvalue weighted by molar-refractivity contribution is 0.0474. The molecule has 5 rings (SSSR count). The number of carbonyl (C=O) groups excluding carboxylic acids is 1. The Balaban J connectivity index is 1.32. The SMILES string of the molecule is O=C(OCc1cc(=O)oc2cc3c(cc12)CCC3)c1ccc(Cn2cncn2)cc1. The Morgan fingerprint density at radius 1 is 1.10 bits per heavy atom. The highest BCUT2D eigenvalue weighted by molar-refractivity contribution is 5.89. The van der Waals surface area contributed by atoms with Gasteiger partial charge >= 0.3 is 11.6 Å². The average molecular weight is 401 g/mol. The molecule has 4 aromatic rings. The molecule has 0 unspecified atom stereocenters. The molecule has 1 aliphatic rings. The van der Waals surface area contributed by atoms with Crippen molar-refractivity contribution >= 4 is 16.9 Å². The van der Waals surface area contributed by atoms with Crippen molar-refractivity contribution in [2.24, 2.45) is 0 Å². The highest BCUT2D eigenvalue weighted by Gasteiger charge is 2.16. The molecule has 0 aliphatic heterocycles. The van der Waals surface area contributed by atoms with E-state index in [1.807, 2.05) is 18.2 Å². The first kappa shape index (κ1) is 18.3. The lowest BCUT2D eigenvalue weighted by Gasteiger charge is -2.09. The second-order valence-corrected chi connectivity index (χ2v) is 7.43. The van der Waals surface area contributed by atoms with Crippen molar-refractivity contribution in [3.05, 3.63) is 93.4 Å². The van der Waals surface area contributed by atoms with E-state index in [1.54, 1.807) is 23.1 Å². The molecule has 1 aliphatic carbocycles. The third-order valence-corrected chi connectivity index (χ3v) is 5.40. The molecule has 2 aromatic heterocycles. The monoisotopic (exact) mass is 401 g/mol. The number of aromatic nitrogens is 3. The van der Waals surface area contributed by atoms with Crippen LogP contribution in [0.1, 0.15) is 39.0 Å². The minimum Gasteiger partial charge on any atom is -0.457 e. The van der Waals surface area contributed by atoms with Gasteiger partial charge in [0.2, 0.25) is 0 Å². The fourth-order valence-corrected chi connectivity index (χ4v) is 3.89. The Hall–Kier alpha value is -3.74. The van der Waals surface area contributed by atoms with Crippen molar-refractivity contribution in [2.75, 3.05) is 0 Å². The number of ether oxygens (including phenoxy) is 1. The van der Waals surface area contributed by atoms with Gasteiger partial charge in [0, 0.05) is 17.0 Å². The third-order valence-electron chi connectivity index (χ3n) is 5.40. The summed E-state index contributed by atoms with van der Waals surface area (Å²) < 4.78 is 12.6. The number of fused-ring (bicyclic) bond motifs is 2. The summed E-state index contributed by atoms with van der Waals surface area (Å²) in [6, 6.07) is 12.6. The fraction of sp³-hybridized carbons (Fsp3) is 0.217. The molecule has 7 nitrogen and oxygen atoms in total. The molecule has 150 valence electrons. The van der Waals surface area contributed by atoms with Crippen molar-refractivity contribution in [3.63, 3.8) is 0 Å². The summed E-state index contributed by atoms with van der Waals surface area (Å²) in [4.78, 5) is 28.4. The number of rotatable bonds is 5. The smallest absolute Gasteiger partial charge is 0.338 e. The molecular weight excluding hydrogens is 382 g/mol. The summed E-state index contributed by atoms with van der Waals surface area (Å²) in [6.45, 7) is 0.589. The van der Waals surface area contributed by atoms with Crippen LogP contribution in [-0.4, -0.2) is 20.7 Å². The van der Waals surface area contributed by atoms with Crippen molar-refractivity contribution < 1.29 is 13.9 Å². The average Bonchev–Trinajstić information content (AvgIpc) is 3.42. The summed E-state index contributed by atoms with van der Waals surface area (Å²) >= 11 is 0. The van der Waals surface area contributed by atoms with Gasteiger partial charge in [0.05, 0.1) is 12.1 Å². The molecule has 30 heavy (non-hydrogen) atoms. The van der Waals surface area contributed by atoms with Crippen molar-refractivity contribution in [1.82, 2.24) is 14.8 Å². The van der Waals surface area contributed by atoms with Crippen LogP contribution >= 0.6 is 0 Å². The number of hydrogen-bond acceptors (Lipinski definition) is 6. The number of aryl methyl sites for hydroxylation is 2. The minimum absolute atomic E-state index is 0.0143. The van der Waals surface area contributed by atoms with Gasteiger partial charge in [0.1, 0.15) is 24.8 Å². The first-order valence-corrected chi connectivity index (χ1v) is 9.83. The Bertz CT molecular complexity index is 1270.